The molecule has 2 rings (SSSR count). The summed E-state index contributed by atoms with van der Waals surface area (Å²) in [4.78, 5) is 0. The second-order valence-corrected chi connectivity index (χ2v) is 3.88. The Labute approximate surface area is 94.6 Å². The molecule has 0 radical (unpaired) electrons. The quantitative estimate of drug-likeness (QED) is 0.857. The van der Waals surface area contributed by atoms with E-state index in [9.17, 15) is 4.39 Å². The lowest BCUT2D eigenvalue weighted by Gasteiger charge is -2.25. The van der Waals surface area contributed by atoms with Crippen molar-refractivity contribution in [2.45, 2.75) is 18.9 Å². The third kappa shape index (κ3) is 2.64. The number of anilines is 1. The molecule has 0 atom stereocenters. The van der Waals surface area contributed by atoms with Gasteiger partial charge in [-0.1, -0.05) is 0 Å². The number of benzene rings is 1. The minimum atomic E-state index is -0.283. The minimum Gasteiger partial charge on any atom is -0.494 e. The summed E-state index contributed by atoms with van der Waals surface area (Å²) >= 11 is 0. The Kier molecular flexibility index (Phi) is 3.62. The van der Waals surface area contributed by atoms with E-state index >= 15 is 0 Å². The first kappa shape index (κ1) is 11.2. The predicted octanol–water partition coefficient (Wildman–Crippen LogP) is 2.43. The van der Waals surface area contributed by atoms with Gasteiger partial charge < -0.3 is 14.8 Å². The average Bonchev–Trinajstić information content (AvgIpc) is 2.33. The van der Waals surface area contributed by atoms with Crippen molar-refractivity contribution < 1.29 is 13.9 Å². The van der Waals surface area contributed by atoms with Crippen molar-refractivity contribution in [2.24, 2.45) is 0 Å². The molecule has 1 aliphatic rings. The van der Waals surface area contributed by atoms with Gasteiger partial charge in [0.1, 0.15) is 11.6 Å². The van der Waals surface area contributed by atoms with Crippen LogP contribution >= 0.6 is 0 Å². The van der Waals surface area contributed by atoms with Crippen LogP contribution in [0, 0.1) is 5.82 Å². The van der Waals surface area contributed by atoms with Crippen molar-refractivity contribution in [1.82, 2.24) is 0 Å². The van der Waals surface area contributed by atoms with E-state index in [0.717, 1.165) is 31.7 Å². The van der Waals surface area contributed by atoms with E-state index < -0.39 is 0 Å². The molecule has 1 aromatic rings. The molecule has 1 N–H and O–H groups in total. The number of hydrogen-bond acceptors (Lipinski definition) is 3. The largest absolute Gasteiger partial charge is 0.494 e. The fraction of sp³-hybridized carbons (Fsp3) is 0.500. The summed E-state index contributed by atoms with van der Waals surface area (Å²) in [5.74, 6) is 0.265. The van der Waals surface area contributed by atoms with E-state index in [4.69, 9.17) is 9.47 Å². The standard InChI is InChI=1S/C12H16FNO2/c1-15-12-8-9(13)2-3-11(12)14-10-4-6-16-7-5-10/h2-3,8,10,14H,4-7H2,1H3. The maximum Gasteiger partial charge on any atom is 0.144 e. The first-order valence-corrected chi connectivity index (χ1v) is 5.47. The summed E-state index contributed by atoms with van der Waals surface area (Å²) < 4.78 is 23.4. The molecule has 3 nitrogen and oxygen atoms in total. The van der Waals surface area contributed by atoms with E-state index in [0.29, 0.717) is 11.8 Å². The summed E-state index contributed by atoms with van der Waals surface area (Å²) in [5, 5.41) is 3.36. The topological polar surface area (TPSA) is 30.5 Å². The summed E-state index contributed by atoms with van der Waals surface area (Å²) in [6, 6.07) is 4.92. The van der Waals surface area contributed by atoms with Crippen LogP contribution in [0.3, 0.4) is 0 Å². The molecule has 4 heteroatoms. The van der Waals surface area contributed by atoms with Crippen LogP contribution in [-0.4, -0.2) is 26.4 Å². The summed E-state index contributed by atoms with van der Waals surface area (Å²) in [6.45, 7) is 1.56. The van der Waals surface area contributed by atoms with Crippen LogP contribution < -0.4 is 10.1 Å². The number of ether oxygens (including phenoxy) is 2. The van der Waals surface area contributed by atoms with Gasteiger partial charge in [0.15, 0.2) is 0 Å². The van der Waals surface area contributed by atoms with Crippen LogP contribution in [0.5, 0.6) is 5.75 Å². The molecule has 1 fully saturated rings. The van der Waals surface area contributed by atoms with Gasteiger partial charge in [0, 0.05) is 25.3 Å². The maximum absolute atomic E-state index is 13.0. The molecule has 0 bridgehead atoms. The number of halogens is 1. The zero-order valence-corrected chi connectivity index (χ0v) is 9.33. The van der Waals surface area contributed by atoms with E-state index in [1.807, 2.05) is 0 Å². The van der Waals surface area contributed by atoms with Crippen LogP contribution in [0.4, 0.5) is 10.1 Å². The Balaban J connectivity index is 2.07. The Morgan fingerprint density at radius 3 is 2.81 bits per heavy atom. The molecule has 1 aromatic carbocycles. The molecule has 16 heavy (non-hydrogen) atoms. The third-order valence-electron chi connectivity index (χ3n) is 2.74. The molecule has 0 saturated carbocycles. The van der Waals surface area contributed by atoms with Crippen molar-refractivity contribution in [3.63, 3.8) is 0 Å². The third-order valence-corrected chi connectivity index (χ3v) is 2.74. The summed E-state index contributed by atoms with van der Waals surface area (Å²) in [7, 11) is 1.55. The van der Waals surface area contributed by atoms with Gasteiger partial charge >= 0.3 is 0 Å². The van der Waals surface area contributed by atoms with Gasteiger partial charge in [0.05, 0.1) is 12.8 Å². The lowest BCUT2D eigenvalue weighted by atomic mass is 10.1. The van der Waals surface area contributed by atoms with E-state index in [1.54, 1.807) is 13.2 Å². The van der Waals surface area contributed by atoms with Crippen LogP contribution in [0.15, 0.2) is 18.2 Å². The highest BCUT2D eigenvalue weighted by molar-refractivity contribution is 5.57. The molecule has 0 aromatic heterocycles. The molecule has 0 spiro atoms. The Morgan fingerprint density at radius 2 is 2.12 bits per heavy atom. The number of methoxy groups -OCH3 is 1. The Hall–Kier alpha value is -1.29. The summed E-state index contributed by atoms with van der Waals surface area (Å²) in [6.07, 6.45) is 1.95. The molecule has 1 saturated heterocycles. The summed E-state index contributed by atoms with van der Waals surface area (Å²) in [5.41, 5.74) is 0.843. The van der Waals surface area contributed by atoms with Crippen molar-refractivity contribution in [3.8, 4) is 5.75 Å². The highest BCUT2D eigenvalue weighted by Crippen LogP contribution is 2.27. The monoisotopic (exact) mass is 225 g/mol. The molecule has 0 amide bonds. The maximum atomic E-state index is 13.0. The first-order valence-electron chi connectivity index (χ1n) is 5.47. The molecule has 0 unspecified atom stereocenters. The normalized spacial score (nSPS) is 17.1. The van der Waals surface area contributed by atoms with Gasteiger partial charge in [-0.05, 0) is 25.0 Å². The van der Waals surface area contributed by atoms with Crippen molar-refractivity contribution in [1.29, 1.82) is 0 Å². The van der Waals surface area contributed by atoms with Crippen LogP contribution in [0.1, 0.15) is 12.8 Å². The fourth-order valence-corrected chi connectivity index (χ4v) is 1.85. The number of hydrogen-bond donors (Lipinski definition) is 1. The van der Waals surface area contributed by atoms with E-state index in [-0.39, 0.29) is 5.82 Å². The second-order valence-electron chi connectivity index (χ2n) is 3.88. The molecule has 1 aliphatic heterocycles. The first-order chi connectivity index (χ1) is 7.79. The van der Waals surface area contributed by atoms with Gasteiger partial charge in [0.2, 0.25) is 0 Å². The Bertz CT molecular complexity index is 351. The van der Waals surface area contributed by atoms with Crippen LogP contribution in [-0.2, 0) is 4.74 Å². The molecular formula is C12H16FNO2. The average molecular weight is 225 g/mol. The smallest absolute Gasteiger partial charge is 0.144 e. The SMILES string of the molecule is COc1cc(F)ccc1NC1CCOCC1. The van der Waals surface area contributed by atoms with Crippen molar-refractivity contribution >= 4 is 5.69 Å². The molecule has 0 aliphatic carbocycles. The van der Waals surface area contributed by atoms with Gasteiger partial charge in [-0.15, -0.1) is 0 Å². The van der Waals surface area contributed by atoms with Crippen LogP contribution in [0.25, 0.3) is 0 Å². The van der Waals surface area contributed by atoms with Gasteiger partial charge in [-0.3, -0.25) is 0 Å². The van der Waals surface area contributed by atoms with Gasteiger partial charge in [-0.25, -0.2) is 4.39 Å². The highest BCUT2D eigenvalue weighted by Gasteiger charge is 2.15. The number of rotatable bonds is 3. The van der Waals surface area contributed by atoms with E-state index in [1.165, 1.54) is 12.1 Å². The lowest BCUT2D eigenvalue weighted by Crippen LogP contribution is -2.28. The van der Waals surface area contributed by atoms with E-state index in [2.05, 4.69) is 5.32 Å². The lowest BCUT2D eigenvalue weighted by molar-refractivity contribution is 0.0904. The number of nitrogens with one attached hydrogen (secondary N) is 1. The van der Waals surface area contributed by atoms with Gasteiger partial charge in [0.25, 0.3) is 0 Å². The molecular weight excluding hydrogens is 209 g/mol. The predicted molar refractivity (Wildman–Crippen MR) is 60.4 cm³/mol. The second kappa shape index (κ2) is 5.16. The van der Waals surface area contributed by atoms with Crippen molar-refractivity contribution in [2.75, 3.05) is 25.6 Å². The van der Waals surface area contributed by atoms with Gasteiger partial charge in [-0.2, -0.15) is 0 Å². The van der Waals surface area contributed by atoms with Crippen LogP contribution in [0.2, 0.25) is 0 Å². The van der Waals surface area contributed by atoms with Crippen molar-refractivity contribution in [3.05, 3.63) is 24.0 Å². The minimum absolute atomic E-state index is 0.283. The zero-order chi connectivity index (χ0) is 11.4. The molecule has 1 heterocycles. The molecule has 88 valence electrons. The zero-order valence-electron chi connectivity index (χ0n) is 9.33. The fourth-order valence-electron chi connectivity index (χ4n) is 1.85. The highest BCUT2D eigenvalue weighted by atomic mass is 19.1. The Morgan fingerprint density at radius 1 is 1.38 bits per heavy atom.